The highest BCUT2D eigenvalue weighted by molar-refractivity contribution is 5.33. The summed E-state index contributed by atoms with van der Waals surface area (Å²) in [5, 5.41) is 0. The maximum Gasteiger partial charge on any atom is 0.119 e. The second-order valence-corrected chi connectivity index (χ2v) is 7.94. The third-order valence-corrected chi connectivity index (χ3v) is 5.72. The summed E-state index contributed by atoms with van der Waals surface area (Å²) >= 11 is 0. The Kier molecular flexibility index (Phi) is 6.73. The minimum Gasteiger partial charge on any atom is -0.492 e. The largest absolute Gasteiger partial charge is 0.492 e. The Hall–Kier alpha value is -1.80. The molecular formula is C24H33NO. The molecule has 1 aliphatic rings. The molecule has 0 unspecified atom stereocenters. The monoisotopic (exact) mass is 351 g/mol. The number of hydrogen-bond acceptors (Lipinski definition) is 2. The smallest absolute Gasteiger partial charge is 0.119 e. The zero-order valence-corrected chi connectivity index (χ0v) is 16.5. The highest BCUT2D eigenvalue weighted by Gasteiger charge is 2.24. The van der Waals surface area contributed by atoms with Crippen LogP contribution in [-0.2, 0) is 0 Å². The first-order valence-corrected chi connectivity index (χ1v) is 10.1. The lowest BCUT2D eigenvalue weighted by Gasteiger charge is -2.28. The second-order valence-electron chi connectivity index (χ2n) is 7.94. The van der Waals surface area contributed by atoms with Crippen molar-refractivity contribution in [2.45, 2.75) is 45.4 Å². The van der Waals surface area contributed by atoms with Gasteiger partial charge in [-0.3, -0.25) is 4.90 Å². The molecule has 0 N–H and O–H groups in total. The van der Waals surface area contributed by atoms with E-state index in [-0.39, 0.29) is 0 Å². The van der Waals surface area contributed by atoms with E-state index in [2.05, 4.69) is 80.3 Å². The van der Waals surface area contributed by atoms with Gasteiger partial charge in [-0.1, -0.05) is 63.2 Å². The average molecular weight is 352 g/mol. The van der Waals surface area contributed by atoms with Gasteiger partial charge >= 0.3 is 0 Å². The molecule has 0 saturated carbocycles. The van der Waals surface area contributed by atoms with E-state index in [4.69, 9.17) is 4.74 Å². The van der Waals surface area contributed by atoms with Gasteiger partial charge in [-0.25, -0.2) is 0 Å². The normalized spacial score (nSPS) is 17.4. The van der Waals surface area contributed by atoms with Crippen LogP contribution in [0.15, 0.2) is 54.6 Å². The summed E-state index contributed by atoms with van der Waals surface area (Å²) in [6.45, 7) is 11.3. The highest BCUT2D eigenvalue weighted by Crippen LogP contribution is 2.38. The Bertz CT molecular complexity index is 644. The standard InChI is InChI=1S/C24H33NO/c1-19(2)24(22-9-5-4-6-10-22)20(3)21-11-13-23(14-12-21)26-18-17-25-15-7-8-16-25/h4-6,9-14,19-20,24H,7-8,15-18H2,1-3H3/t20-,24-/m1/s1. The molecule has 0 spiro atoms. The lowest BCUT2D eigenvalue weighted by molar-refractivity contribution is 0.237. The Balaban J connectivity index is 1.60. The molecule has 1 heterocycles. The molecule has 26 heavy (non-hydrogen) atoms. The van der Waals surface area contributed by atoms with Crippen molar-refractivity contribution in [1.29, 1.82) is 0 Å². The van der Waals surface area contributed by atoms with Gasteiger partial charge < -0.3 is 4.74 Å². The van der Waals surface area contributed by atoms with Gasteiger partial charge in [-0.2, -0.15) is 0 Å². The Morgan fingerprint density at radius 2 is 1.50 bits per heavy atom. The van der Waals surface area contributed by atoms with Crippen LogP contribution in [-0.4, -0.2) is 31.1 Å². The van der Waals surface area contributed by atoms with Crippen LogP contribution in [0, 0.1) is 5.92 Å². The number of rotatable bonds is 8. The van der Waals surface area contributed by atoms with Crippen LogP contribution in [0.4, 0.5) is 0 Å². The molecule has 2 aromatic rings. The maximum atomic E-state index is 5.95. The molecule has 2 heteroatoms. The second kappa shape index (κ2) is 9.23. The van der Waals surface area contributed by atoms with Crippen LogP contribution in [0.25, 0.3) is 0 Å². The average Bonchev–Trinajstić information content (AvgIpc) is 3.16. The quantitative estimate of drug-likeness (QED) is 0.604. The summed E-state index contributed by atoms with van der Waals surface area (Å²) < 4.78 is 5.95. The van der Waals surface area contributed by atoms with E-state index in [1.807, 2.05) is 0 Å². The zero-order valence-electron chi connectivity index (χ0n) is 16.5. The number of benzene rings is 2. The molecular weight excluding hydrogens is 318 g/mol. The van der Waals surface area contributed by atoms with Crippen LogP contribution in [0.1, 0.15) is 56.6 Å². The van der Waals surface area contributed by atoms with Crippen LogP contribution < -0.4 is 4.74 Å². The summed E-state index contributed by atoms with van der Waals surface area (Å²) in [6.07, 6.45) is 2.68. The topological polar surface area (TPSA) is 12.5 Å². The predicted molar refractivity (Wildman–Crippen MR) is 110 cm³/mol. The molecule has 2 atom stereocenters. The van der Waals surface area contributed by atoms with Gasteiger partial charge in [-0.15, -0.1) is 0 Å². The minimum absolute atomic E-state index is 0.482. The summed E-state index contributed by atoms with van der Waals surface area (Å²) in [5.41, 5.74) is 2.82. The van der Waals surface area contributed by atoms with E-state index in [1.165, 1.54) is 37.1 Å². The number of likely N-dealkylation sites (tertiary alicyclic amines) is 1. The summed E-state index contributed by atoms with van der Waals surface area (Å²) in [4.78, 5) is 2.49. The molecule has 0 radical (unpaired) electrons. The van der Waals surface area contributed by atoms with Gasteiger partial charge in [0.1, 0.15) is 12.4 Å². The van der Waals surface area contributed by atoms with E-state index in [0.717, 1.165) is 18.9 Å². The zero-order chi connectivity index (χ0) is 18.4. The van der Waals surface area contributed by atoms with E-state index in [1.54, 1.807) is 0 Å². The van der Waals surface area contributed by atoms with Crippen LogP contribution in [0.3, 0.4) is 0 Å². The minimum atomic E-state index is 0.482. The maximum absolute atomic E-state index is 5.95. The molecule has 0 aromatic heterocycles. The third-order valence-electron chi connectivity index (χ3n) is 5.72. The third kappa shape index (κ3) is 4.88. The van der Waals surface area contributed by atoms with Crippen LogP contribution >= 0.6 is 0 Å². The van der Waals surface area contributed by atoms with Crippen molar-refractivity contribution in [3.05, 3.63) is 65.7 Å². The number of hydrogen-bond donors (Lipinski definition) is 0. The summed E-state index contributed by atoms with van der Waals surface area (Å²) in [6, 6.07) is 19.7. The van der Waals surface area contributed by atoms with E-state index in [9.17, 15) is 0 Å². The van der Waals surface area contributed by atoms with Gasteiger partial charge in [-0.05, 0) is 66.9 Å². The molecule has 2 aromatic carbocycles. The molecule has 0 bridgehead atoms. The Morgan fingerprint density at radius 3 is 2.12 bits per heavy atom. The molecule has 140 valence electrons. The lowest BCUT2D eigenvalue weighted by Crippen LogP contribution is -2.25. The fraction of sp³-hybridized carbons (Fsp3) is 0.500. The molecule has 1 saturated heterocycles. The molecule has 1 aliphatic heterocycles. The Morgan fingerprint density at radius 1 is 0.846 bits per heavy atom. The predicted octanol–water partition coefficient (Wildman–Crippen LogP) is 5.70. The SMILES string of the molecule is CC(C)[C@@H](c1ccccc1)[C@H](C)c1ccc(OCCN2CCCC2)cc1. The Labute approximate surface area is 159 Å². The first kappa shape index (κ1) is 19.0. The molecule has 1 fully saturated rings. The van der Waals surface area contributed by atoms with Crippen molar-refractivity contribution in [3.63, 3.8) is 0 Å². The van der Waals surface area contributed by atoms with E-state index in [0.29, 0.717) is 17.8 Å². The first-order chi connectivity index (χ1) is 12.6. The van der Waals surface area contributed by atoms with Gasteiger partial charge in [0.15, 0.2) is 0 Å². The molecule has 2 nitrogen and oxygen atoms in total. The summed E-state index contributed by atoms with van der Waals surface area (Å²) in [5.74, 6) is 2.60. The van der Waals surface area contributed by atoms with Crippen LogP contribution in [0.2, 0.25) is 0 Å². The van der Waals surface area contributed by atoms with Crippen molar-refractivity contribution in [2.75, 3.05) is 26.2 Å². The fourth-order valence-electron chi connectivity index (χ4n) is 4.30. The van der Waals surface area contributed by atoms with Crippen molar-refractivity contribution >= 4 is 0 Å². The van der Waals surface area contributed by atoms with Crippen LogP contribution in [0.5, 0.6) is 5.75 Å². The number of nitrogens with zero attached hydrogens (tertiary/aromatic N) is 1. The van der Waals surface area contributed by atoms with Crippen molar-refractivity contribution < 1.29 is 4.74 Å². The molecule has 0 amide bonds. The van der Waals surface area contributed by atoms with Crippen molar-refractivity contribution in [1.82, 2.24) is 4.90 Å². The first-order valence-electron chi connectivity index (χ1n) is 10.1. The summed E-state index contributed by atoms with van der Waals surface area (Å²) in [7, 11) is 0. The highest BCUT2D eigenvalue weighted by atomic mass is 16.5. The van der Waals surface area contributed by atoms with Gasteiger partial charge in [0, 0.05) is 6.54 Å². The molecule has 3 rings (SSSR count). The number of ether oxygens (including phenoxy) is 1. The lowest BCUT2D eigenvalue weighted by atomic mass is 9.76. The fourth-order valence-corrected chi connectivity index (χ4v) is 4.30. The van der Waals surface area contributed by atoms with Gasteiger partial charge in [0.25, 0.3) is 0 Å². The van der Waals surface area contributed by atoms with E-state index >= 15 is 0 Å². The van der Waals surface area contributed by atoms with Gasteiger partial charge in [0.2, 0.25) is 0 Å². The molecule has 0 aliphatic carbocycles. The van der Waals surface area contributed by atoms with E-state index < -0.39 is 0 Å². The van der Waals surface area contributed by atoms with Crippen molar-refractivity contribution in [3.8, 4) is 5.75 Å². The van der Waals surface area contributed by atoms with Gasteiger partial charge in [0.05, 0.1) is 0 Å². The van der Waals surface area contributed by atoms with Crippen molar-refractivity contribution in [2.24, 2.45) is 5.92 Å².